The van der Waals surface area contributed by atoms with Crippen molar-refractivity contribution in [3.63, 3.8) is 0 Å². The molecule has 2 aromatic heterocycles. The molecule has 1 aliphatic rings. The molecule has 6 heteroatoms. The van der Waals surface area contributed by atoms with Gasteiger partial charge in [-0.3, -0.25) is 0 Å². The molecular formula is C13H19N5O. The molecule has 1 saturated carbocycles. The van der Waals surface area contributed by atoms with Crippen molar-refractivity contribution in [1.82, 2.24) is 19.9 Å². The van der Waals surface area contributed by atoms with Gasteiger partial charge in [-0.15, -0.1) is 0 Å². The SMILES string of the molecule is CCNc1nc(OC2CCCCC2)c2[nH]cnc2n1. The van der Waals surface area contributed by atoms with Gasteiger partial charge in [0.15, 0.2) is 5.65 Å². The molecule has 0 amide bonds. The highest BCUT2D eigenvalue weighted by Gasteiger charge is 2.18. The minimum atomic E-state index is 0.268. The van der Waals surface area contributed by atoms with E-state index in [9.17, 15) is 0 Å². The van der Waals surface area contributed by atoms with Crippen LogP contribution in [0, 0.1) is 0 Å². The van der Waals surface area contributed by atoms with Gasteiger partial charge in [0, 0.05) is 6.54 Å². The van der Waals surface area contributed by atoms with Crippen molar-refractivity contribution in [2.45, 2.75) is 45.1 Å². The van der Waals surface area contributed by atoms with E-state index in [2.05, 4.69) is 25.3 Å². The van der Waals surface area contributed by atoms with Gasteiger partial charge in [-0.2, -0.15) is 9.97 Å². The van der Waals surface area contributed by atoms with E-state index < -0.39 is 0 Å². The van der Waals surface area contributed by atoms with E-state index in [1.165, 1.54) is 19.3 Å². The third kappa shape index (κ3) is 2.62. The summed E-state index contributed by atoms with van der Waals surface area (Å²) in [5, 5.41) is 3.11. The second-order valence-corrected chi connectivity index (χ2v) is 4.86. The zero-order valence-electron chi connectivity index (χ0n) is 11.1. The molecule has 19 heavy (non-hydrogen) atoms. The Kier molecular flexibility index (Phi) is 3.48. The molecule has 0 aromatic carbocycles. The number of ether oxygens (including phenoxy) is 1. The summed E-state index contributed by atoms with van der Waals surface area (Å²) in [6.45, 7) is 2.79. The lowest BCUT2D eigenvalue weighted by molar-refractivity contribution is 0.150. The fourth-order valence-electron chi connectivity index (χ4n) is 2.47. The van der Waals surface area contributed by atoms with Crippen molar-refractivity contribution in [2.75, 3.05) is 11.9 Å². The molecule has 102 valence electrons. The van der Waals surface area contributed by atoms with Crippen molar-refractivity contribution in [3.05, 3.63) is 6.33 Å². The summed E-state index contributed by atoms with van der Waals surface area (Å²) >= 11 is 0. The van der Waals surface area contributed by atoms with Gasteiger partial charge in [0.25, 0.3) is 0 Å². The van der Waals surface area contributed by atoms with Crippen LogP contribution in [0.5, 0.6) is 5.88 Å². The van der Waals surface area contributed by atoms with E-state index in [0.717, 1.165) is 24.9 Å². The number of hydrogen-bond donors (Lipinski definition) is 2. The second-order valence-electron chi connectivity index (χ2n) is 4.86. The first kappa shape index (κ1) is 12.2. The van der Waals surface area contributed by atoms with E-state index in [1.807, 2.05) is 6.92 Å². The van der Waals surface area contributed by atoms with Crippen LogP contribution in [-0.2, 0) is 0 Å². The third-order valence-corrected chi connectivity index (χ3v) is 3.42. The summed E-state index contributed by atoms with van der Waals surface area (Å²) in [5.74, 6) is 1.19. The zero-order chi connectivity index (χ0) is 13.1. The van der Waals surface area contributed by atoms with E-state index in [1.54, 1.807) is 6.33 Å². The van der Waals surface area contributed by atoms with Gasteiger partial charge in [-0.1, -0.05) is 6.42 Å². The number of anilines is 1. The Morgan fingerprint density at radius 3 is 2.95 bits per heavy atom. The van der Waals surface area contributed by atoms with Crippen LogP contribution in [0.15, 0.2) is 6.33 Å². The van der Waals surface area contributed by atoms with E-state index >= 15 is 0 Å². The Morgan fingerprint density at radius 1 is 1.32 bits per heavy atom. The Morgan fingerprint density at radius 2 is 2.16 bits per heavy atom. The highest BCUT2D eigenvalue weighted by Crippen LogP contribution is 2.26. The normalized spacial score (nSPS) is 16.7. The van der Waals surface area contributed by atoms with Gasteiger partial charge in [-0.05, 0) is 32.6 Å². The summed E-state index contributed by atoms with van der Waals surface area (Å²) in [5.41, 5.74) is 1.43. The minimum Gasteiger partial charge on any atom is -0.473 e. The van der Waals surface area contributed by atoms with Gasteiger partial charge in [0.05, 0.1) is 6.33 Å². The number of H-pyrrole nitrogens is 1. The van der Waals surface area contributed by atoms with Crippen LogP contribution in [0.4, 0.5) is 5.95 Å². The summed E-state index contributed by atoms with van der Waals surface area (Å²) in [7, 11) is 0. The van der Waals surface area contributed by atoms with Crippen LogP contribution in [-0.4, -0.2) is 32.6 Å². The van der Waals surface area contributed by atoms with Crippen molar-refractivity contribution in [3.8, 4) is 5.88 Å². The van der Waals surface area contributed by atoms with Crippen molar-refractivity contribution in [1.29, 1.82) is 0 Å². The van der Waals surface area contributed by atoms with Crippen LogP contribution in [0.25, 0.3) is 11.2 Å². The number of aromatic nitrogens is 4. The minimum absolute atomic E-state index is 0.268. The second kappa shape index (κ2) is 5.42. The Labute approximate surface area is 112 Å². The fraction of sp³-hybridized carbons (Fsp3) is 0.615. The molecule has 2 heterocycles. The van der Waals surface area contributed by atoms with Gasteiger partial charge in [0.1, 0.15) is 11.6 Å². The van der Waals surface area contributed by atoms with Gasteiger partial charge in [0.2, 0.25) is 11.8 Å². The van der Waals surface area contributed by atoms with Crippen LogP contribution in [0.3, 0.4) is 0 Å². The van der Waals surface area contributed by atoms with E-state index in [4.69, 9.17) is 4.74 Å². The largest absolute Gasteiger partial charge is 0.473 e. The molecule has 2 aromatic rings. The third-order valence-electron chi connectivity index (χ3n) is 3.42. The molecule has 1 fully saturated rings. The number of aromatic amines is 1. The number of nitrogens with zero attached hydrogens (tertiary/aromatic N) is 3. The van der Waals surface area contributed by atoms with Crippen LogP contribution < -0.4 is 10.1 Å². The van der Waals surface area contributed by atoms with E-state index in [-0.39, 0.29) is 6.10 Å². The smallest absolute Gasteiger partial charge is 0.245 e. The molecule has 6 nitrogen and oxygen atoms in total. The lowest BCUT2D eigenvalue weighted by atomic mass is 9.98. The molecule has 0 bridgehead atoms. The van der Waals surface area contributed by atoms with Crippen molar-refractivity contribution < 1.29 is 4.74 Å². The molecule has 0 unspecified atom stereocenters. The maximum absolute atomic E-state index is 6.05. The number of imidazole rings is 1. The number of hydrogen-bond acceptors (Lipinski definition) is 5. The predicted molar refractivity (Wildman–Crippen MR) is 73.3 cm³/mol. The van der Waals surface area contributed by atoms with Gasteiger partial charge >= 0.3 is 0 Å². The highest BCUT2D eigenvalue weighted by atomic mass is 16.5. The molecular weight excluding hydrogens is 242 g/mol. The Balaban J connectivity index is 1.88. The average molecular weight is 261 g/mol. The summed E-state index contributed by atoms with van der Waals surface area (Å²) < 4.78 is 6.05. The first-order valence-electron chi connectivity index (χ1n) is 6.98. The Bertz CT molecular complexity index is 547. The molecule has 0 saturated heterocycles. The number of fused-ring (bicyclic) bond motifs is 1. The van der Waals surface area contributed by atoms with E-state index in [0.29, 0.717) is 17.5 Å². The number of nitrogens with one attached hydrogen (secondary N) is 2. The molecule has 0 atom stereocenters. The lowest BCUT2D eigenvalue weighted by Crippen LogP contribution is -2.20. The quantitative estimate of drug-likeness (QED) is 0.884. The molecule has 0 spiro atoms. The van der Waals surface area contributed by atoms with Gasteiger partial charge < -0.3 is 15.0 Å². The molecule has 0 radical (unpaired) electrons. The van der Waals surface area contributed by atoms with Gasteiger partial charge in [-0.25, -0.2) is 4.98 Å². The summed E-state index contributed by atoms with van der Waals surface area (Å²) in [4.78, 5) is 16.0. The maximum atomic E-state index is 6.05. The summed E-state index contributed by atoms with van der Waals surface area (Å²) in [6, 6.07) is 0. The number of rotatable bonds is 4. The Hall–Kier alpha value is -1.85. The topological polar surface area (TPSA) is 75.7 Å². The lowest BCUT2D eigenvalue weighted by Gasteiger charge is -2.22. The maximum Gasteiger partial charge on any atom is 0.245 e. The predicted octanol–water partition coefficient (Wildman–Crippen LogP) is 2.50. The van der Waals surface area contributed by atoms with Crippen molar-refractivity contribution >= 4 is 17.1 Å². The van der Waals surface area contributed by atoms with Crippen molar-refractivity contribution in [2.24, 2.45) is 0 Å². The highest BCUT2D eigenvalue weighted by molar-refractivity contribution is 5.76. The monoisotopic (exact) mass is 261 g/mol. The molecule has 1 aliphatic carbocycles. The molecule has 0 aliphatic heterocycles. The zero-order valence-corrected chi connectivity index (χ0v) is 11.1. The fourth-order valence-corrected chi connectivity index (χ4v) is 2.47. The van der Waals surface area contributed by atoms with Crippen LogP contribution in [0.1, 0.15) is 39.0 Å². The molecule has 3 rings (SSSR count). The molecule has 2 N–H and O–H groups in total. The first-order valence-corrected chi connectivity index (χ1v) is 6.98. The average Bonchev–Trinajstić information content (AvgIpc) is 2.89. The summed E-state index contributed by atoms with van der Waals surface area (Å²) in [6.07, 6.45) is 7.90. The van der Waals surface area contributed by atoms with Crippen LogP contribution in [0.2, 0.25) is 0 Å². The van der Waals surface area contributed by atoms with Crippen LogP contribution >= 0.6 is 0 Å². The standard InChI is InChI=1S/C13H19N5O/c1-2-14-13-17-11-10(15-8-16-11)12(18-13)19-9-6-4-3-5-7-9/h8-9H,2-7H2,1H3,(H2,14,15,16,17,18). The first-order chi connectivity index (χ1) is 9.36.